The summed E-state index contributed by atoms with van der Waals surface area (Å²) in [7, 11) is 0. The van der Waals surface area contributed by atoms with Gasteiger partial charge in [0.1, 0.15) is 5.03 Å². The summed E-state index contributed by atoms with van der Waals surface area (Å²) in [5.41, 5.74) is 0. The van der Waals surface area contributed by atoms with E-state index in [1.165, 1.54) is 12.1 Å². The van der Waals surface area contributed by atoms with Crippen LogP contribution in [0.4, 0.5) is 0 Å². The fourth-order valence-corrected chi connectivity index (χ4v) is 1.11. The zero-order valence-electron chi connectivity index (χ0n) is 3.33. The van der Waals surface area contributed by atoms with Crippen LogP contribution in [0.5, 0.6) is 0 Å². The molecule has 1 aliphatic rings. The molecule has 40 valence electrons. The minimum absolute atomic E-state index is 0.827. The largest absolute Gasteiger partial charge is 0.315 e. The van der Waals surface area contributed by atoms with Crippen molar-refractivity contribution in [2.24, 2.45) is 0 Å². The lowest BCUT2D eigenvalue weighted by molar-refractivity contribution is 1.06. The van der Waals surface area contributed by atoms with E-state index in [0.717, 1.165) is 5.03 Å². The van der Waals surface area contributed by atoms with Crippen molar-refractivity contribution in [3.05, 3.63) is 11.2 Å². The normalized spacial score (nSPS) is 19.1. The molecule has 0 saturated heterocycles. The van der Waals surface area contributed by atoms with Crippen molar-refractivity contribution in [2.75, 3.05) is 0 Å². The molecule has 0 aromatic heterocycles. The maximum Gasteiger partial charge on any atom is 0.107 e. The van der Waals surface area contributed by atoms with E-state index in [0.29, 0.717) is 0 Å². The van der Waals surface area contributed by atoms with Crippen LogP contribution in [0.2, 0.25) is 0 Å². The van der Waals surface area contributed by atoms with Gasteiger partial charge >= 0.3 is 0 Å². The smallest absolute Gasteiger partial charge is 0.107 e. The van der Waals surface area contributed by atoms with E-state index in [9.17, 15) is 0 Å². The van der Waals surface area contributed by atoms with Gasteiger partial charge in [-0.1, -0.05) is 12.8 Å². The number of nitrogens with zero attached hydrogens (tertiary/aromatic N) is 1. The maximum absolute atomic E-state index is 4.01. The van der Waals surface area contributed by atoms with Crippen molar-refractivity contribution >= 4 is 37.6 Å². The Morgan fingerprint density at radius 2 is 2.57 bits per heavy atom. The molecule has 1 N–H and O–H groups in total. The molecule has 0 aliphatic carbocycles. The van der Waals surface area contributed by atoms with E-state index in [-0.39, 0.29) is 0 Å². The standard InChI is InChI=1S/C2H4N2S3/c5-2-1-3-7-4(2)6/h1,3,5-6H. The molecule has 5 heteroatoms. The summed E-state index contributed by atoms with van der Waals surface area (Å²) in [6.07, 6.45) is 1.76. The molecular weight excluding hydrogens is 148 g/mol. The van der Waals surface area contributed by atoms with Gasteiger partial charge in [-0.05, 0) is 0 Å². The van der Waals surface area contributed by atoms with Crippen molar-refractivity contribution in [3.8, 4) is 0 Å². The molecule has 0 spiro atoms. The molecule has 0 fully saturated rings. The van der Waals surface area contributed by atoms with Crippen LogP contribution in [-0.4, -0.2) is 3.71 Å². The third-order valence-corrected chi connectivity index (χ3v) is 2.20. The second-order valence-electron chi connectivity index (χ2n) is 0.985. The lowest BCUT2D eigenvalue weighted by Crippen LogP contribution is -1.90. The molecule has 7 heavy (non-hydrogen) atoms. The van der Waals surface area contributed by atoms with E-state index in [1.807, 2.05) is 0 Å². The van der Waals surface area contributed by atoms with Crippen molar-refractivity contribution < 1.29 is 0 Å². The molecule has 0 saturated carbocycles. The lowest BCUT2D eigenvalue weighted by Gasteiger charge is -2.02. The molecule has 0 aromatic rings. The molecule has 1 rings (SSSR count). The molecule has 0 atom stereocenters. The average molecular weight is 152 g/mol. The van der Waals surface area contributed by atoms with Gasteiger partial charge in [0.05, 0.1) is 12.1 Å². The van der Waals surface area contributed by atoms with Crippen LogP contribution in [-0.2, 0) is 0 Å². The van der Waals surface area contributed by atoms with E-state index >= 15 is 0 Å². The first-order valence-electron chi connectivity index (χ1n) is 1.61. The third kappa shape index (κ3) is 1.14. The number of thiol groups is 2. The first-order chi connectivity index (χ1) is 3.30. The first-order valence-corrected chi connectivity index (χ1v) is 3.23. The SMILES string of the molecule is SC1=CNSN1S. The highest BCUT2D eigenvalue weighted by Gasteiger charge is 2.06. The molecular formula is C2H4N2S3. The predicted octanol–water partition coefficient (Wildman–Crippen LogP) is 1.03. The predicted molar refractivity (Wildman–Crippen MR) is 38.6 cm³/mol. The summed E-state index contributed by atoms with van der Waals surface area (Å²) in [5, 5.41) is 0.827. The van der Waals surface area contributed by atoms with Crippen molar-refractivity contribution in [1.82, 2.24) is 8.43 Å². The Kier molecular flexibility index (Phi) is 1.66. The van der Waals surface area contributed by atoms with Gasteiger partial charge in [-0.15, -0.1) is 12.6 Å². The van der Waals surface area contributed by atoms with Crippen LogP contribution in [0.1, 0.15) is 0 Å². The van der Waals surface area contributed by atoms with Crippen LogP contribution in [0.25, 0.3) is 0 Å². The Bertz CT molecular complexity index is 101. The quantitative estimate of drug-likeness (QED) is 0.355. The van der Waals surface area contributed by atoms with Crippen LogP contribution in [0, 0.1) is 0 Å². The second-order valence-corrected chi connectivity index (χ2v) is 2.90. The van der Waals surface area contributed by atoms with Gasteiger partial charge in [0.2, 0.25) is 0 Å². The van der Waals surface area contributed by atoms with Gasteiger partial charge in [-0.25, -0.2) is 3.71 Å². The summed E-state index contributed by atoms with van der Waals surface area (Å²) < 4.78 is 4.48. The van der Waals surface area contributed by atoms with Crippen LogP contribution < -0.4 is 4.72 Å². The topological polar surface area (TPSA) is 15.3 Å². The molecule has 0 amide bonds. The molecule has 0 aromatic carbocycles. The fourth-order valence-electron chi connectivity index (χ4n) is 0.231. The van der Waals surface area contributed by atoms with Crippen molar-refractivity contribution in [1.29, 1.82) is 0 Å². The van der Waals surface area contributed by atoms with E-state index in [1.54, 1.807) is 9.91 Å². The number of rotatable bonds is 0. The zero-order valence-corrected chi connectivity index (χ0v) is 5.93. The Balaban J connectivity index is 2.54. The summed E-state index contributed by atoms with van der Waals surface area (Å²) in [6.45, 7) is 0. The summed E-state index contributed by atoms with van der Waals surface area (Å²) in [5.74, 6) is 0. The zero-order chi connectivity index (χ0) is 5.28. The minimum Gasteiger partial charge on any atom is -0.315 e. The summed E-state index contributed by atoms with van der Waals surface area (Å²) >= 11 is 9.38. The van der Waals surface area contributed by atoms with Crippen LogP contribution in [0.3, 0.4) is 0 Å². The Morgan fingerprint density at radius 1 is 1.86 bits per heavy atom. The minimum atomic E-state index is 0.827. The Labute approximate surface area is 57.6 Å². The second kappa shape index (κ2) is 2.11. The van der Waals surface area contributed by atoms with Crippen LogP contribution in [0.15, 0.2) is 11.2 Å². The van der Waals surface area contributed by atoms with E-state index in [2.05, 4.69) is 30.2 Å². The van der Waals surface area contributed by atoms with Gasteiger partial charge in [0.25, 0.3) is 0 Å². The summed E-state index contributed by atoms with van der Waals surface area (Å²) in [6, 6.07) is 0. The fraction of sp³-hybridized carbons (Fsp3) is 0. The lowest BCUT2D eigenvalue weighted by atomic mass is 11.0. The molecule has 0 unspecified atom stereocenters. The molecule has 1 aliphatic heterocycles. The monoisotopic (exact) mass is 152 g/mol. The highest BCUT2D eigenvalue weighted by atomic mass is 32.2. The van der Waals surface area contributed by atoms with Gasteiger partial charge in [-0.3, -0.25) is 0 Å². The van der Waals surface area contributed by atoms with Gasteiger partial charge in [0.15, 0.2) is 0 Å². The molecule has 0 radical (unpaired) electrons. The van der Waals surface area contributed by atoms with Crippen molar-refractivity contribution in [2.45, 2.75) is 0 Å². The molecule has 0 bridgehead atoms. The van der Waals surface area contributed by atoms with Crippen LogP contribution >= 0.6 is 37.6 Å². The van der Waals surface area contributed by atoms with E-state index in [4.69, 9.17) is 0 Å². The van der Waals surface area contributed by atoms with Crippen molar-refractivity contribution in [3.63, 3.8) is 0 Å². The first kappa shape index (κ1) is 5.53. The van der Waals surface area contributed by atoms with Gasteiger partial charge in [-0.2, -0.15) is 0 Å². The summed E-state index contributed by atoms with van der Waals surface area (Å²) in [4.78, 5) is 0. The number of hydrogen-bond acceptors (Lipinski definition) is 5. The number of nitrogens with one attached hydrogen (secondary N) is 1. The molecule has 2 nitrogen and oxygen atoms in total. The average Bonchev–Trinajstić information content (AvgIpc) is 1.91. The van der Waals surface area contributed by atoms with Gasteiger partial charge in [0, 0.05) is 6.20 Å². The highest BCUT2D eigenvalue weighted by molar-refractivity contribution is 8.05. The van der Waals surface area contributed by atoms with Gasteiger partial charge < -0.3 is 4.72 Å². The van der Waals surface area contributed by atoms with E-state index < -0.39 is 0 Å². The third-order valence-electron chi connectivity index (χ3n) is 0.523. The maximum atomic E-state index is 4.01. The Morgan fingerprint density at radius 3 is 2.71 bits per heavy atom. The Hall–Kier alpha value is 0.390. The highest BCUT2D eigenvalue weighted by Crippen LogP contribution is 2.24. The number of hydrogen-bond donors (Lipinski definition) is 3. The molecule has 1 heterocycles.